The molecule has 1 atom stereocenters. The van der Waals surface area contributed by atoms with Crippen LogP contribution in [0.15, 0.2) is 30.3 Å². The Morgan fingerprint density at radius 3 is 3.00 bits per heavy atom. The third kappa shape index (κ3) is 3.92. The Labute approximate surface area is 129 Å². The maximum Gasteiger partial charge on any atom is 0.222 e. The number of nitrogens with zero attached hydrogens (tertiary/aromatic N) is 2. The van der Waals surface area contributed by atoms with Crippen LogP contribution in [0, 0.1) is 0 Å². The van der Waals surface area contributed by atoms with Crippen LogP contribution in [0.3, 0.4) is 0 Å². The number of aromatic nitrogens is 3. The van der Waals surface area contributed by atoms with Crippen LogP contribution in [0.2, 0.25) is 0 Å². The molecule has 6 nitrogen and oxygen atoms in total. The minimum absolute atomic E-state index is 0.0368. The normalized spacial score (nSPS) is 17.5. The van der Waals surface area contributed by atoms with Gasteiger partial charge in [-0.05, 0) is 12.8 Å². The first-order chi connectivity index (χ1) is 10.8. The van der Waals surface area contributed by atoms with Crippen LogP contribution in [-0.4, -0.2) is 40.3 Å². The van der Waals surface area contributed by atoms with Gasteiger partial charge in [-0.25, -0.2) is 4.98 Å². The van der Waals surface area contributed by atoms with E-state index in [2.05, 4.69) is 20.5 Å². The number of hydrogen-bond acceptors (Lipinski definition) is 4. The van der Waals surface area contributed by atoms with Crippen molar-refractivity contribution in [1.82, 2.24) is 20.5 Å². The molecule has 116 valence electrons. The Hall–Kier alpha value is -2.21. The van der Waals surface area contributed by atoms with Crippen molar-refractivity contribution in [3.63, 3.8) is 0 Å². The van der Waals surface area contributed by atoms with E-state index in [1.165, 1.54) is 0 Å². The number of nitrogens with one attached hydrogen (secondary N) is 2. The van der Waals surface area contributed by atoms with E-state index in [-0.39, 0.29) is 12.0 Å². The maximum absolute atomic E-state index is 11.8. The van der Waals surface area contributed by atoms with Gasteiger partial charge in [0.2, 0.25) is 5.91 Å². The van der Waals surface area contributed by atoms with E-state index in [1.54, 1.807) is 0 Å². The first-order valence-corrected chi connectivity index (χ1v) is 7.66. The lowest BCUT2D eigenvalue weighted by Gasteiger charge is -2.08. The molecule has 1 amide bonds. The highest BCUT2D eigenvalue weighted by atomic mass is 16.5. The van der Waals surface area contributed by atoms with Crippen molar-refractivity contribution < 1.29 is 9.53 Å². The summed E-state index contributed by atoms with van der Waals surface area (Å²) in [6.45, 7) is 1.33. The number of carbonyl (C=O) groups excluding carboxylic acids is 1. The molecule has 1 aliphatic heterocycles. The zero-order chi connectivity index (χ0) is 15.2. The van der Waals surface area contributed by atoms with Gasteiger partial charge in [-0.3, -0.25) is 9.89 Å². The van der Waals surface area contributed by atoms with Gasteiger partial charge in [-0.15, -0.1) is 0 Å². The predicted octanol–water partition coefficient (Wildman–Crippen LogP) is 1.70. The lowest BCUT2D eigenvalue weighted by molar-refractivity contribution is -0.123. The van der Waals surface area contributed by atoms with Gasteiger partial charge < -0.3 is 10.1 Å². The molecule has 3 rings (SSSR count). The molecule has 0 spiro atoms. The van der Waals surface area contributed by atoms with Crippen LogP contribution in [0.4, 0.5) is 0 Å². The quantitative estimate of drug-likeness (QED) is 0.851. The van der Waals surface area contributed by atoms with Crippen LogP contribution in [0.1, 0.15) is 25.1 Å². The number of H-pyrrole nitrogens is 1. The monoisotopic (exact) mass is 300 g/mol. The second-order valence-corrected chi connectivity index (χ2v) is 5.41. The zero-order valence-electron chi connectivity index (χ0n) is 12.4. The molecule has 0 aliphatic carbocycles. The average molecular weight is 300 g/mol. The van der Waals surface area contributed by atoms with E-state index >= 15 is 0 Å². The van der Waals surface area contributed by atoms with E-state index in [9.17, 15) is 4.79 Å². The zero-order valence-corrected chi connectivity index (χ0v) is 12.4. The molecule has 22 heavy (non-hydrogen) atoms. The first-order valence-electron chi connectivity index (χ1n) is 7.66. The van der Waals surface area contributed by atoms with Crippen LogP contribution < -0.4 is 5.32 Å². The van der Waals surface area contributed by atoms with E-state index in [1.807, 2.05) is 30.3 Å². The molecule has 1 aromatic carbocycles. The van der Waals surface area contributed by atoms with Crippen molar-refractivity contribution in [2.45, 2.75) is 31.8 Å². The molecular formula is C16H20N4O2. The highest BCUT2D eigenvalue weighted by molar-refractivity contribution is 5.76. The van der Waals surface area contributed by atoms with E-state index in [0.29, 0.717) is 25.2 Å². The Kier molecular flexibility index (Phi) is 4.80. The van der Waals surface area contributed by atoms with Gasteiger partial charge >= 0.3 is 0 Å². The number of benzene rings is 1. The molecule has 2 aromatic rings. The molecule has 1 saturated heterocycles. The molecule has 2 N–H and O–H groups in total. The number of rotatable bonds is 6. The van der Waals surface area contributed by atoms with Gasteiger partial charge in [0, 0.05) is 25.1 Å². The van der Waals surface area contributed by atoms with Gasteiger partial charge in [0.05, 0.1) is 12.5 Å². The number of ether oxygens (including phenoxy) is 1. The van der Waals surface area contributed by atoms with Gasteiger partial charge in [-0.1, -0.05) is 30.3 Å². The summed E-state index contributed by atoms with van der Waals surface area (Å²) < 4.78 is 5.45. The Morgan fingerprint density at radius 2 is 2.23 bits per heavy atom. The number of aromatic amines is 1. The van der Waals surface area contributed by atoms with Gasteiger partial charge in [-0.2, -0.15) is 5.10 Å². The lowest BCUT2D eigenvalue weighted by atomic mass is 10.2. The summed E-state index contributed by atoms with van der Waals surface area (Å²) in [5.74, 6) is 1.49. The summed E-state index contributed by atoms with van der Waals surface area (Å²) in [5.41, 5.74) is 0.979. The molecular weight excluding hydrogens is 280 g/mol. The van der Waals surface area contributed by atoms with Gasteiger partial charge in [0.15, 0.2) is 5.82 Å². The number of carbonyl (C=O) groups is 1. The van der Waals surface area contributed by atoms with Crippen molar-refractivity contribution >= 4 is 5.91 Å². The summed E-state index contributed by atoms with van der Waals surface area (Å²) in [6, 6.07) is 9.81. The van der Waals surface area contributed by atoms with Gasteiger partial charge in [0.1, 0.15) is 5.82 Å². The Bertz CT molecular complexity index is 606. The fraction of sp³-hybridized carbons (Fsp3) is 0.438. The largest absolute Gasteiger partial charge is 0.378 e. The summed E-state index contributed by atoms with van der Waals surface area (Å²) >= 11 is 0. The van der Waals surface area contributed by atoms with Crippen molar-refractivity contribution in [2.24, 2.45) is 0 Å². The summed E-state index contributed by atoms with van der Waals surface area (Å²) in [4.78, 5) is 16.2. The summed E-state index contributed by atoms with van der Waals surface area (Å²) in [5, 5.41) is 10.0. The van der Waals surface area contributed by atoms with E-state index in [4.69, 9.17) is 4.74 Å². The lowest BCUT2D eigenvalue weighted by Crippen LogP contribution is -2.29. The van der Waals surface area contributed by atoms with E-state index in [0.717, 1.165) is 30.8 Å². The highest BCUT2D eigenvalue weighted by Crippen LogP contribution is 2.15. The molecule has 1 aromatic heterocycles. The third-order valence-corrected chi connectivity index (χ3v) is 3.68. The number of hydrogen-bond donors (Lipinski definition) is 2. The molecule has 0 bridgehead atoms. The Balaban J connectivity index is 1.44. The predicted molar refractivity (Wildman–Crippen MR) is 82.1 cm³/mol. The second kappa shape index (κ2) is 7.17. The standard InChI is InChI=1S/C16H20N4O2/c21-15(11-13-7-4-10-22-13)17-9-8-14-18-16(20-19-14)12-5-2-1-3-6-12/h1-3,5-6,13H,4,7-11H2,(H,17,21)(H,18,19,20)/t13-/m1/s1. The smallest absolute Gasteiger partial charge is 0.222 e. The van der Waals surface area contributed by atoms with Crippen LogP contribution in [-0.2, 0) is 16.0 Å². The Morgan fingerprint density at radius 1 is 1.36 bits per heavy atom. The maximum atomic E-state index is 11.8. The van der Waals surface area contributed by atoms with Crippen LogP contribution in [0.25, 0.3) is 11.4 Å². The molecule has 0 unspecified atom stereocenters. The second-order valence-electron chi connectivity index (χ2n) is 5.41. The van der Waals surface area contributed by atoms with Gasteiger partial charge in [0.25, 0.3) is 0 Å². The molecule has 1 fully saturated rings. The van der Waals surface area contributed by atoms with Crippen LogP contribution in [0.5, 0.6) is 0 Å². The third-order valence-electron chi connectivity index (χ3n) is 3.68. The van der Waals surface area contributed by atoms with Crippen LogP contribution >= 0.6 is 0 Å². The minimum Gasteiger partial charge on any atom is -0.378 e. The highest BCUT2D eigenvalue weighted by Gasteiger charge is 2.18. The summed E-state index contributed by atoms with van der Waals surface area (Å²) in [7, 11) is 0. The van der Waals surface area contributed by atoms with Crippen molar-refractivity contribution in [2.75, 3.05) is 13.2 Å². The molecule has 0 saturated carbocycles. The molecule has 2 heterocycles. The average Bonchev–Trinajstić information content (AvgIpc) is 3.20. The molecule has 0 radical (unpaired) electrons. The van der Waals surface area contributed by atoms with Crippen molar-refractivity contribution in [3.8, 4) is 11.4 Å². The minimum atomic E-state index is 0.0368. The molecule has 1 aliphatic rings. The fourth-order valence-electron chi connectivity index (χ4n) is 2.53. The van der Waals surface area contributed by atoms with Crippen molar-refractivity contribution in [1.29, 1.82) is 0 Å². The fourth-order valence-corrected chi connectivity index (χ4v) is 2.53. The SMILES string of the molecule is O=C(C[C@H]1CCCO1)NCCc1nc(-c2ccccc2)n[nH]1. The summed E-state index contributed by atoms with van der Waals surface area (Å²) in [6.07, 6.45) is 3.21. The van der Waals surface area contributed by atoms with Crippen molar-refractivity contribution in [3.05, 3.63) is 36.2 Å². The first kappa shape index (κ1) is 14.7. The molecule has 6 heteroatoms. The van der Waals surface area contributed by atoms with E-state index < -0.39 is 0 Å². The number of amides is 1. The topological polar surface area (TPSA) is 79.9 Å².